The molecule has 0 aliphatic rings. The van der Waals surface area contributed by atoms with Gasteiger partial charge in [-0.1, -0.05) is 12.1 Å². The SMILES string of the molecule is Cn1ccc(CSCc2cccc(F)c2OC(F)F)cc1=O. The summed E-state index contributed by atoms with van der Waals surface area (Å²) in [5.41, 5.74) is 1.06. The van der Waals surface area contributed by atoms with Crippen LogP contribution < -0.4 is 10.3 Å². The van der Waals surface area contributed by atoms with Crippen molar-refractivity contribution in [2.75, 3.05) is 0 Å². The number of hydrogen-bond acceptors (Lipinski definition) is 3. The number of alkyl halides is 2. The van der Waals surface area contributed by atoms with Gasteiger partial charge >= 0.3 is 6.61 Å². The Labute approximate surface area is 129 Å². The highest BCUT2D eigenvalue weighted by molar-refractivity contribution is 7.97. The Bertz CT molecular complexity index is 703. The summed E-state index contributed by atoms with van der Waals surface area (Å²) >= 11 is 1.38. The highest BCUT2D eigenvalue weighted by Crippen LogP contribution is 2.29. The zero-order chi connectivity index (χ0) is 16.1. The van der Waals surface area contributed by atoms with Gasteiger partial charge < -0.3 is 9.30 Å². The molecular weight excluding hydrogens is 315 g/mol. The zero-order valence-electron chi connectivity index (χ0n) is 11.8. The number of benzene rings is 1. The van der Waals surface area contributed by atoms with E-state index in [1.807, 2.05) is 0 Å². The maximum atomic E-state index is 13.5. The van der Waals surface area contributed by atoms with Gasteiger partial charge in [0, 0.05) is 36.4 Å². The van der Waals surface area contributed by atoms with E-state index in [2.05, 4.69) is 4.74 Å². The lowest BCUT2D eigenvalue weighted by molar-refractivity contribution is -0.0526. The highest BCUT2D eigenvalue weighted by atomic mass is 32.2. The van der Waals surface area contributed by atoms with Crippen LogP contribution in [0.2, 0.25) is 0 Å². The molecule has 0 spiro atoms. The number of aryl methyl sites for hydroxylation is 1. The first-order valence-corrected chi connectivity index (χ1v) is 7.58. The molecule has 0 N–H and O–H groups in total. The van der Waals surface area contributed by atoms with Crippen LogP contribution in [0.5, 0.6) is 5.75 Å². The van der Waals surface area contributed by atoms with Crippen LogP contribution in [0.1, 0.15) is 11.1 Å². The molecule has 0 saturated carbocycles. The number of ether oxygens (including phenoxy) is 1. The summed E-state index contributed by atoms with van der Waals surface area (Å²) in [6.07, 6.45) is 1.66. The molecule has 0 aliphatic heterocycles. The molecule has 0 atom stereocenters. The standard InChI is InChI=1S/C15H14F3NO2S/c1-19-6-5-10(7-13(19)20)8-22-9-11-3-2-4-12(16)14(11)21-15(17)18/h2-7,15H,8-9H2,1H3. The first-order chi connectivity index (χ1) is 10.5. The first-order valence-electron chi connectivity index (χ1n) is 6.43. The molecule has 2 aromatic rings. The lowest BCUT2D eigenvalue weighted by Crippen LogP contribution is -2.14. The van der Waals surface area contributed by atoms with E-state index in [-0.39, 0.29) is 5.56 Å². The number of thioether (sulfide) groups is 1. The van der Waals surface area contributed by atoms with E-state index in [1.165, 1.54) is 34.5 Å². The summed E-state index contributed by atoms with van der Waals surface area (Å²) in [5, 5.41) is 0. The van der Waals surface area contributed by atoms with Crippen molar-refractivity contribution in [3.05, 3.63) is 63.8 Å². The number of pyridine rings is 1. The molecule has 0 aliphatic carbocycles. The van der Waals surface area contributed by atoms with Crippen LogP contribution in [0.3, 0.4) is 0 Å². The maximum Gasteiger partial charge on any atom is 0.387 e. The van der Waals surface area contributed by atoms with Gasteiger partial charge in [-0.3, -0.25) is 4.79 Å². The van der Waals surface area contributed by atoms with E-state index in [0.717, 1.165) is 11.6 Å². The molecule has 7 heteroatoms. The van der Waals surface area contributed by atoms with E-state index in [4.69, 9.17) is 0 Å². The van der Waals surface area contributed by atoms with Crippen LogP contribution in [0.4, 0.5) is 13.2 Å². The number of aromatic nitrogens is 1. The third kappa shape index (κ3) is 4.30. The third-order valence-corrected chi connectivity index (χ3v) is 4.00. The predicted molar refractivity (Wildman–Crippen MR) is 79.7 cm³/mol. The Morgan fingerprint density at radius 2 is 2.05 bits per heavy atom. The molecule has 0 bridgehead atoms. The smallest absolute Gasteiger partial charge is 0.387 e. The average molecular weight is 329 g/mol. The van der Waals surface area contributed by atoms with Crippen molar-refractivity contribution < 1.29 is 17.9 Å². The second-order valence-corrected chi connectivity index (χ2v) is 5.57. The summed E-state index contributed by atoms with van der Waals surface area (Å²) in [6, 6.07) is 7.37. The molecule has 0 amide bonds. The zero-order valence-corrected chi connectivity index (χ0v) is 12.6. The van der Waals surface area contributed by atoms with Crippen molar-refractivity contribution >= 4 is 11.8 Å². The van der Waals surface area contributed by atoms with Gasteiger partial charge in [-0.05, 0) is 17.7 Å². The van der Waals surface area contributed by atoms with Crippen LogP contribution >= 0.6 is 11.8 Å². The van der Waals surface area contributed by atoms with Gasteiger partial charge in [-0.25, -0.2) is 4.39 Å². The van der Waals surface area contributed by atoms with Gasteiger partial charge in [-0.2, -0.15) is 20.5 Å². The fraction of sp³-hybridized carbons (Fsp3) is 0.267. The molecule has 1 heterocycles. The minimum Gasteiger partial charge on any atom is -0.431 e. The maximum absolute atomic E-state index is 13.5. The topological polar surface area (TPSA) is 31.2 Å². The van der Waals surface area contributed by atoms with Crippen molar-refractivity contribution in [1.29, 1.82) is 0 Å². The Morgan fingerprint density at radius 3 is 2.73 bits per heavy atom. The van der Waals surface area contributed by atoms with E-state index < -0.39 is 18.2 Å². The van der Waals surface area contributed by atoms with Crippen molar-refractivity contribution in [1.82, 2.24) is 4.57 Å². The first kappa shape index (κ1) is 16.5. The molecule has 2 rings (SSSR count). The van der Waals surface area contributed by atoms with Gasteiger partial charge in [-0.15, -0.1) is 0 Å². The quantitative estimate of drug-likeness (QED) is 0.812. The van der Waals surface area contributed by atoms with Crippen LogP contribution in [-0.4, -0.2) is 11.2 Å². The van der Waals surface area contributed by atoms with E-state index in [9.17, 15) is 18.0 Å². The Balaban J connectivity index is 2.03. The lowest BCUT2D eigenvalue weighted by atomic mass is 10.2. The summed E-state index contributed by atoms with van der Waals surface area (Å²) < 4.78 is 43.9. The van der Waals surface area contributed by atoms with Crippen molar-refractivity contribution in [2.45, 2.75) is 18.1 Å². The van der Waals surface area contributed by atoms with Crippen molar-refractivity contribution in [3.8, 4) is 5.75 Å². The Morgan fingerprint density at radius 1 is 1.27 bits per heavy atom. The van der Waals surface area contributed by atoms with Gasteiger partial charge in [0.2, 0.25) is 0 Å². The molecule has 0 unspecified atom stereocenters. The van der Waals surface area contributed by atoms with E-state index in [0.29, 0.717) is 17.1 Å². The minimum absolute atomic E-state index is 0.120. The normalized spacial score (nSPS) is 11.0. The molecule has 1 aromatic heterocycles. The second kappa shape index (κ2) is 7.40. The minimum atomic E-state index is -3.07. The monoisotopic (exact) mass is 329 g/mol. The van der Waals surface area contributed by atoms with Gasteiger partial charge in [0.15, 0.2) is 11.6 Å². The Hall–Kier alpha value is -1.89. The molecule has 0 saturated heterocycles. The number of hydrogen-bond donors (Lipinski definition) is 0. The average Bonchev–Trinajstić information content (AvgIpc) is 2.46. The third-order valence-electron chi connectivity index (χ3n) is 2.95. The fourth-order valence-corrected chi connectivity index (χ4v) is 2.81. The summed E-state index contributed by atoms with van der Waals surface area (Å²) in [6.45, 7) is -3.07. The van der Waals surface area contributed by atoms with Crippen molar-refractivity contribution in [3.63, 3.8) is 0 Å². The van der Waals surface area contributed by atoms with Crippen LogP contribution in [0.25, 0.3) is 0 Å². The molecule has 118 valence electrons. The van der Waals surface area contributed by atoms with Crippen LogP contribution in [0.15, 0.2) is 41.3 Å². The highest BCUT2D eigenvalue weighted by Gasteiger charge is 2.14. The molecule has 22 heavy (non-hydrogen) atoms. The number of para-hydroxylation sites is 1. The second-order valence-electron chi connectivity index (χ2n) is 4.58. The molecular formula is C15H14F3NO2S. The van der Waals surface area contributed by atoms with E-state index >= 15 is 0 Å². The van der Waals surface area contributed by atoms with Crippen LogP contribution in [-0.2, 0) is 18.6 Å². The summed E-state index contributed by atoms with van der Waals surface area (Å²) in [7, 11) is 1.65. The molecule has 0 fully saturated rings. The fourth-order valence-electron chi connectivity index (χ4n) is 1.85. The number of halogens is 3. The molecule has 0 radical (unpaired) electrons. The summed E-state index contributed by atoms with van der Waals surface area (Å²) in [5.74, 6) is -0.420. The molecule has 1 aromatic carbocycles. The largest absolute Gasteiger partial charge is 0.431 e. The number of rotatable bonds is 6. The predicted octanol–water partition coefficient (Wildman–Crippen LogP) is 3.56. The van der Waals surface area contributed by atoms with Gasteiger partial charge in [0.1, 0.15) is 0 Å². The van der Waals surface area contributed by atoms with E-state index in [1.54, 1.807) is 19.3 Å². The van der Waals surface area contributed by atoms with Gasteiger partial charge in [0.25, 0.3) is 5.56 Å². The lowest BCUT2D eigenvalue weighted by Gasteiger charge is -2.11. The van der Waals surface area contributed by atoms with Gasteiger partial charge in [0.05, 0.1) is 0 Å². The van der Waals surface area contributed by atoms with Crippen molar-refractivity contribution in [2.24, 2.45) is 7.05 Å². The number of nitrogens with zero attached hydrogens (tertiary/aromatic N) is 1. The van der Waals surface area contributed by atoms with Crippen LogP contribution in [0, 0.1) is 5.82 Å². The molecule has 3 nitrogen and oxygen atoms in total. The summed E-state index contributed by atoms with van der Waals surface area (Å²) in [4.78, 5) is 11.5. The Kier molecular flexibility index (Phi) is 5.54.